The number of nitrogens with zero attached hydrogens (tertiary/aromatic N) is 5. The number of anilines is 2. The SMILES string of the molecule is C=C(CN1CCOCC1)C(=O)Nc1cccc([C@@H]2c3cnn(-c4cccc(OCCCN5CCNCC5)c4)c3N(CC)C(=O)[C@H]2NC(=O)c2cccc(C(F)(F)F)c2)c1. The number of benzene rings is 3. The Morgan fingerprint density at radius 3 is 2.51 bits per heavy atom. The summed E-state index contributed by atoms with van der Waals surface area (Å²) in [7, 11) is 0. The van der Waals surface area contributed by atoms with Gasteiger partial charge in [0.25, 0.3) is 17.7 Å². The zero-order chi connectivity index (χ0) is 41.5. The molecular weight excluding hydrogens is 766 g/mol. The van der Waals surface area contributed by atoms with Crippen molar-refractivity contribution >= 4 is 29.2 Å². The molecule has 2 saturated heterocycles. The molecule has 3 N–H and O–H groups in total. The van der Waals surface area contributed by atoms with E-state index in [0.717, 1.165) is 57.3 Å². The van der Waals surface area contributed by atoms with Gasteiger partial charge in [0, 0.05) is 93.3 Å². The molecule has 0 unspecified atom stereocenters. The van der Waals surface area contributed by atoms with Crippen LogP contribution in [0.15, 0.2) is 91.1 Å². The number of fused-ring (bicyclic) bond motifs is 1. The fourth-order valence-electron chi connectivity index (χ4n) is 7.76. The summed E-state index contributed by atoms with van der Waals surface area (Å²) in [6.45, 7) is 14.3. The second kappa shape index (κ2) is 18.6. The first-order valence-electron chi connectivity index (χ1n) is 19.9. The molecule has 13 nitrogen and oxygen atoms in total. The first-order chi connectivity index (χ1) is 28.5. The van der Waals surface area contributed by atoms with Crippen LogP contribution in [0.1, 0.15) is 46.3 Å². The lowest BCUT2D eigenvalue weighted by molar-refractivity contribution is -0.137. The predicted molar refractivity (Wildman–Crippen MR) is 217 cm³/mol. The van der Waals surface area contributed by atoms with E-state index in [-0.39, 0.29) is 18.0 Å². The summed E-state index contributed by atoms with van der Waals surface area (Å²) < 4.78 is 54.2. The Labute approximate surface area is 341 Å². The fourth-order valence-corrected chi connectivity index (χ4v) is 7.76. The number of piperazine rings is 1. The quantitative estimate of drug-likeness (QED) is 0.123. The van der Waals surface area contributed by atoms with Gasteiger partial charge in [0.2, 0.25) is 0 Å². The molecule has 3 aliphatic heterocycles. The highest BCUT2D eigenvalue weighted by Gasteiger charge is 2.44. The lowest BCUT2D eigenvalue weighted by Crippen LogP contribution is -2.55. The molecule has 0 radical (unpaired) electrons. The number of carbonyl (C=O) groups is 3. The van der Waals surface area contributed by atoms with Crippen LogP contribution in [0.25, 0.3) is 5.69 Å². The number of halogens is 3. The molecule has 4 heterocycles. The van der Waals surface area contributed by atoms with Crippen molar-refractivity contribution in [1.29, 1.82) is 0 Å². The van der Waals surface area contributed by atoms with Gasteiger partial charge in [-0.3, -0.25) is 24.2 Å². The van der Waals surface area contributed by atoms with Crippen molar-refractivity contribution in [1.82, 2.24) is 30.2 Å². The summed E-state index contributed by atoms with van der Waals surface area (Å²) in [5.74, 6) is -1.46. The Kier molecular flexibility index (Phi) is 13.1. The highest BCUT2D eigenvalue weighted by atomic mass is 19.4. The number of alkyl halides is 3. The van der Waals surface area contributed by atoms with Gasteiger partial charge >= 0.3 is 6.18 Å². The van der Waals surface area contributed by atoms with Crippen LogP contribution in [0.3, 0.4) is 0 Å². The standard InChI is InChI=1S/C43H49F3N8O5/c1-3-53-41-36(27-48-54(41)34-12-6-13-35(26-34)59-21-7-16-51-17-14-47-15-18-51)37(38(42(53)57)50-40(56)31-9-4-10-32(24-31)43(44,45)46)30-8-5-11-33(25-30)49-39(55)29(2)28-52-19-22-58-23-20-52/h4-6,8-13,24-27,37-38,47H,2-3,7,14-23,28H2,1H3,(H,49,55)(H,50,56)/t37-,38+/m1/s1. The second-order valence-corrected chi connectivity index (χ2v) is 14.8. The van der Waals surface area contributed by atoms with Gasteiger partial charge in [-0.25, -0.2) is 4.68 Å². The number of amides is 3. The fraction of sp³-hybridized carbons (Fsp3) is 0.395. The van der Waals surface area contributed by atoms with Gasteiger partial charge in [0.15, 0.2) is 0 Å². The third-order valence-electron chi connectivity index (χ3n) is 10.8. The lowest BCUT2D eigenvalue weighted by atomic mass is 9.82. The van der Waals surface area contributed by atoms with E-state index in [1.165, 1.54) is 11.0 Å². The number of rotatable bonds is 14. The van der Waals surface area contributed by atoms with Crippen LogP contribution >= 0.6 is 0 Å². The van der Waals surface area contributed by atoms with E-state index in [2.05, 4.69) is 32.3 Å². The Hall–Kier alpha value is -5.55. The molecule has 3 amide bonds. The molecule has 1 aromatic heterocycles. The van der Waals surface area contributed by atoms with E-state index in [9.17, 15) is 27.6 Å². The molecule has 0 bridgehead atoms. The van der Waals surface area contributed by atoms with Crippen LogP contribution in [-0.2, 0) is 20.5 Å². The van der Waals surface area contributed by atoms with Crippen LogP contribution in [0, 0.1) is 0 Å². The summed E-state index contributed by atoms with van der Waals surface area (Å²) in [4.78, 5) is 47.7. The van der Waals surface area contributed by atoms with Crippen LogP contribution in [0.5, 0.6) is 5.75 Å². The van der Waals surface area contributed by atoms with Crippen molar-refractivity contribution in [3.8, 4) is 11.4 Å². The minimum absolute atomic E-state index is 0.198. The van der Waals surface area contributed by atoms with Gasteiger partial charge < -0.3 is 30.3 Å². The minimum Gasteiger partial charge on any atom is -0.493 e. The molecule has 0 spiro atoms. The van der Waals surface area contributed by atoms with Gasteiger partial charge in [-0.05, 0) is 61.4 Å². The van der Waals surface area contributed by atoms with Gasteiger partial charge in [0.05, 0.1) is 37.3 Å². The third-order valence-corrected chi connectivity index (χ3v) is 10.8. The van der Waals surface area contributed by atoms with Crippen LogP contribution in [-0.4, -0.2) is 122 Å². The number of ether oxygens (including phenoxy) is 2. The monoisotopic (exact) mass is 814 g/mol. The molecule has 3 aliphatic rings. The summed E-state index contributed by atoms with van der Waals surface area (Å²) in [5, 5.41) is 13.8. The number of carbonyl (C=O) groups excluding carboxylic acids is 3. The Bertz CT molecular complexity index is 2150. The normalized spacial score (nSPS) is 18.9. The van der Waals surface area contributed by atoms with E-state index in [1.54, 1.807) is 42.1 Å². The summed E-state index contributed by atoms with van der Waals surface area (Å²) >= 11 is 0. The molecule has 0 saturated carbocycles. The molecule has 312 valence electrons. The maximum absolute atomic E-state index is 14.7. The van der Waals surface area contributed by atoms with E-state index >= 15 is 0 Å². The molecule has 2 fully saturated rings. The molecule has 0 aliphatic carbocycles. The zero-order valence-corrected chi connectivity index (χ0v) is 33.0. The van der Waals surface area contributed by atoms with Gasteiger partial charge in [-0.1, -0.05) is 30.8 Å². The lowest BCUT2D eigenvalue weighted by Gasteiger charge is -2.38. The summed E-state index contributed by atoms with van der Waals surface area (Å²) in [6.07, 6.45) is -2.18. The number of likely N-dealkylation sites (N-methyl/N-ethyl adjacent to an activating group) is 1. The molecule has 4 aromatic rings. The maximum atomic E-state index is 14.7. The van der Waals surface area contributed by atoms with Crippen molar-refractivity contribution in [2.75, 3.05) is 88.9 Å². The predicted octanol–water partition coefficient (Wildman–Crippen LogP) is 4.69. The van der Waals surface area contributed by atoms with Gasteiger partial charge in [0.1, 0.15) is 17.6 Å². The van der Waals surface area contributed by atoms with Crippen molar-refractivity contribution in [3.63, 3.8) is 0 Å². The Morgan fingerprint density at radius 2 is 1.75 bits per heavy atom. The first-order valence-corrected chi connectivity index (χ1v) is 19.9. The van der Waals surface area contributed by atoms with Crippen molar-refractivity contribution in [2.45, 2.75) is 31.5 Å². The van der Waals surface area contributed by atoms with Crippen LogP contribution in [0.4, 0.5) is 24.7 Å². The van der Waals surface area contributed by atoms with Crippen molar-refractivity contribution in [3.05, 3.63) is 113 Å². The van der Waals surface area contributed by atoms with Gasteiger partial charge in [-0.2, -0.15) is 18.3 Å². The van der Waals surface area contributed by atoms with E-state index in [0.29, 0.717) is 79.1 Å². The third kappa shape index (κ3) is 9.84. The van der Waals surface area contributed by atoms with Gasteiger partial charge in [-0.15, -0.1) is 0 Å². The van der Waals surface area contributed by atoms with Crippen molar-refractivity contribution in [2.24, 2.45) is 0 Å². The smallest absolute Gasteiger partial charge is 0.416 e. The molecule has 59 heavy (non-hydrogen) atoms. The summed E-state index contributed by atoms with van der Waals surface area (Å²) in [5.41, 5.74) is 1.34. The largest absolute Gasteiger partial charge is 0.493 e. The topological polar surface area (TPSA) is 133 Å². The highest BCUT2D eigenvalue weighted by molar-refractivity contribution is 6.06. The molecular formula is C43H49F3N8O5. The van der Waals surface area contributed by atoms with Crippen LogP contribution < -0.4 is 25.6 Å². The van der Waals surface area contributed by atoms with E-state index in [1.807, 2.05) is 24.3 Å². The number of hydrogen-bond donors (Lipinski definition) is 3. The molecule has 16 heteroatoms. The summed E-state index contributed by atoms with van der Waals surface area (Å²) in [6, 6.07) is 17.2. The van der Waals surface area contributed by atoms with Crippen molar-refractivity contribution < 1.29 is 37.0 Å². The second-order valence-electron chi connectivity index (χ2n) is 14.8. The Morgan fingerprint density at radius 1 is 0.983 bits per heavy atom. The maximum Gasteiger partial charge on any atom is 0.416 e. The van der Waals surface area contributed by atoms with E-state index < -0.39 is 35.5 Å². The first kappa shape index (κ1) is 41.6. The van der Waals surface area contributed by atoms with E-state index in [4.69, 9.17) is 14.6 Å². The van der Waals surface area contributed by atoms with Crippen LogP contribution in [0.2, 0.25) is 0 Å². The minimum atomic E-state index is -4.67. The number of nitrogens with one attached hydrogen (secondary N) is 3. The molecule has 2 atom stereocenters. The number of morpholine rings is 1. The average molecular weight is 815 g/mol. The number of hydrogen-bond acceptors (Lipinski definition) is 9. The highest BCUT2D eigenvalue weighted by Crippen LogP contribution is 2.42. The molecule has 3 aromatic carbocycles. The average Bonchev–Trinajstić information content (AvgIpc) is 3.68. The Balaban J connectivity index is 1.19. The number of aromatic nitrogens is 2. The molecule has 7 rings (SSSR count). The zero-order valence-electron chi connectivity index (χ0n) is 33.0.